The fraction of sp³-hybridized carbons (Fsp3) is 0.480. The van der Waals surface area contributed by atoms with Crippen molar-refractivity contribution in [2.45, 2.75) is 70.9 Å². The van der Waals surface area contributed by atoms with Crippen molar-refractivity contribution in [3.05, 3.63) is 63.1 Å². The molecule has 1 amide bonds. The van der Waals surface area contributed by atoms with Crippen LogP contribution in [0.15, 0.2) is 35.1 Å². The van der Waals surface area contributed by atoms with E-state index in [1.807, 2.05) is 6.92 Å². The van der Waals surface area contributed by atoms with Gasteiger partial charge in [-0.1, -0.05) is 56.5 Å². The molecular weight excluding hydrogens is 408 g/mol. The lowest BCUT2D eigenvalue weighted by Gasteiger charge is -2.23. The van der Waals surface area contributed by atoms with Crippen molar-refractivity contribution < 1.29 is 19.4 Å². The number of esters is 1. The predicted molar refractivity (Wildman–Crippen MR) is 122 cm³/mol. The lowest BCUT2D eigenvalue weighted by atomic mass is 9.94. The number of fused-ring (bicyclic) bond motifs is 1. The zero-order chi connectivity index (χ0) is 23.1. The van der Waals surface area contributed by atoms with Crippen LogP contribution in [-0.4, -0.2) is 28.7 Å². The van der Waals surface area contributed by atoms with Crippen LogP contribution in [0.1, 0.15) is 78.7 Å². The molecule has 0 saturated heterocycles. The monoisotopic (exact) mass is 440 g/mol. The Hall–Kier alpha value is -3.09. The molecule has 0 bridgehead atoms. The number of benzene rings is 1. The summed E-state index contributed by atoms with van der Waals surface area (Å²) < 4.78 is 6.52. The molecular formula is C25H32N2O5. The van der Waals surface area contributed by atoms with E-state index in [1.54, 1.807) is 34.9 Å². The molecule has 0 fully saturated rings. The van der Waals surface area contributed by atoms with Crippen molar-refractivity contribution in [3.63, 3.8) is 0 Å². The lowest BCUT2D eigenvalue weighted by molar-refractivity contribution is -0.143. The first kappa shape index (κ1) is 23.6. The highest BCUT2D eigenvalue weighted by Gasteiger charge is 2.30. The third-order valence-electron chi connectivity index (χ3n) is 6.05. The smallest absolute Gasteiger partial charge is 0.333 e. The number of rotatable bonds is 7. The van der Waals surface area contributed by atoms with Gasteiger partial charge in [0.2, 0.25) is 0 Å². The van der Waals surface area contributed by atoms with E-state index in [4.69, 9.17) is 4.74 Å². The third kappa shape index (κ3) is 5.03. The zero-order valence-corrected chi connectivity index (χ0v) is 18.9. The summed E-state index contributed by atoms with van der Waals surface area (Å²) in [5.41, 5.74) is 1.24. The minimum atomic E-state index is -1.08. The van der Waals surface area contributed by atoms with Gasteiger partial charge in [-0.3, -0.25) is 9.59 Å². The van der Waals surface area contributed by atoms with Gasteiger partial charge in [-0.2, -0.15) is 0 Å². The maximum Gasteiger partial charge on any atom is 0.333 e. The standard InChI is InChI=1S/C25H32N2O5/c1-3-4-16-27-19-15-11-6-5-10-14-18(19)22(28)20(24(27)30)23(29)26-21(25(31)32-2)17-12-8-7-9-13-17/h7-9,12-13,21,28H,3-6,10-11,14-16H2,1-2H3,(H,26,29). The Labute approximate surface area is 188 Å². The summed E-state index contributed by atoms with van der Waals surface area (Å²) in [6.07, 6.45) is 7.00. The Balaban J connectivity index is 2.07. The normalized spacial score (nSPS) is 14.6. The summed E-state index contributed by atoms with van der Waals surface area (Å²) in [6, 6.07) is 7.60. The number of ether oxygens (including phenoxy) is 1. The number of hydrogen-bond donors (Lipinski definition) is 2. The van der Waals surface area contributed by atoms with Gasteiger partial charge in [0, 0.05) is 17.8 Å². The van der Waals surface area contributed by atoms with Crippen molar-refractivity contribution in [3.8, 4) is 5.75 Å². The molecule has 1 aliphatic carbocycles. The highest BCUT2D eigenvalue weighted by atomic mass is 16.5. The summed E-state index contributed by atoms with van der Waals surface area (Å²) >= 11 is 0. The Morgan fingerprint density at radius 1 is 1.12 bits per heavy atom. The minimum absolute atomic E-state index is 0.256. The molecule has 1 unspecified atom stereocenters. The van der Waals surface area contributed by atoms with E-state index in [0.717, 1.165) is 44.2 Å². The number of carbonyl (C=O) groups is 2. The van der Waals surface area contributed by atoms with Gasteiger partial charge in [0.15, 0.2) is 6.04 Å². The molecule has 2 N–H and O–H groups in total. The van der Waals surface area contributed by atoms with E-state index in [0.29, 0.717) is 30.5 Å². The Morgan fingerprint density at radius 2 is 1.81 bits per heavy atom. The van der Waals surface area contributed by atoms with Crippen LogP contribution >= 0.6 is 0 Å². The summed E-state index contributed by atoms with van der Waals surface area (Å²) in [7, 11) is 1.24. The van der Waals surface area contributed by atoms with Crippen molar-refractivity contribution in [2.75, 3.05) is 7.11 Å². The van der Waals surface area contributed by atoms with E-state index in [9.17, 15) is 19.5 Å². The molecule has 0 spiro atoms. The van der Waals surface area contributed by atoms with E-state index < -0.39 is 23.5 Å². The second kappa shape index (κ2) is 11.0. The average molecular weight is 441 g/mol. The molecule has 1 heterocycles. The second-order valence-corrected chi connectivity index (χ2v) is 8.21. The summed E-state index contributed by atoms with van der Waals surface area (Å²) in [5.74, 6) is -1.68. The van der Waals surface area contributed by atoms with Crippen LogP contribution in [0.3, 0.4) is 0 Å². The number of unbranched alkanes of at least 4 members (excludes halogenated alkanes) is 1. The van der Waals surface area contributed by atoms with E-state index in [1.165, 1.54) is 7.11 Å². The molecule has 1 aromatic carbocycles. The van der Waals surface area contributed by atoms with Gasteiger partial charge in [0.25, 0.3) is 11.5 Å². The van der Waals surface area contributed by atoms with Crippen molar-refractivity contribution in [1.29, 1.82) is 0 Å². The van der Waals surface area contributed by atoms with Gasteiger partial charge in [-0.25, -0.2) is 4.79 Å². The molecule has 0 aliphatic heterocycles. The van der Waals surface area contributed by atoms with Gasteiger partial charge in [-0.15, -0.1) is 0 Å². The number of carbonyl (C=O) groups excluding carboxylic acids is 2. The van der Waals surface area contributed by atoms with E-state index >= 15 is 0 Å². The highest BCUT2D eigenvalue weighted by Crippen LogP contribution is 2.30. The Morgan fingerprint density at radius 3 is 2.47 bits per heavy atom. The Kier molecular flexibility index (Phi) is 8.09. The van der Waals surface area contributed by atoms with Crippen molar-refractivity contribution >= 4 is 11.9 Å². The number of aromatic hydroxyl groups is 1. The maximum atomic E-state index is 13.4. The van der Waals surface area contributed by atoms with Gasteiger partial charge in [-0.05, 0) is 37.7 Å². The molecule has 1 aromatic heterocycles. The average Bonchev–Trinajstić information content (AvgIpc) is 2.78. The molecule has 3 rings (SSSR count). The molecule has 7 nitrogen and oxygen atoms in total. The first-order valence-corrected chi connectivity index (χ1v) is 11.4. The van der Waals surface area contributed by atoms with Crippen LogP contribution in [0.4, 0.5) is 0 Å². The zero-order valence-electron chi connectivity index (χ0n) is 18.9. The molecule has 7 heteroatoms. The van der Waals surface area contributed by atoms with Crippen LogP contribution in [0.2, 0.25) is 0 Å². The molecule has 2 aromatic rings. The molecule has 172 valence electrons. The summed E-state index contributed by atoms with van der Waals surface area (Å²) in [6.45, 7) is 2.54. The number of pyridine rings is 1. The number of nitrogens with one attached hydrogen (secondary N) is 1. The van der Waals surface area contributed by atoms with Gasteiger partial charge in [0.1, 0.15) is 11.3 Å². The second-order valence-electron chi connectivity index (χ2n) is 8.21. The Bertz CT molecular complexity index is 1010. The van der Waals surface area contributed by atoms with Crippen LogP contribution < -0.4 is 10.9 Å². The van der Waals surface area contributed by atoms with Crippen molar-refractivity contribution in [1.82, 2.24) is 9.88 Å². The minimum Gasteiger partial charge on any atom is -0.507 e. The number of nitrogens with zero attached hydrogens (tertiary/aromatic N) is 1. The van der Waals surface area contributed by atoms with Crippen molar-refractivity contribution in [2.24, 2.45) is 0 Å². The quantitative estimate of drug-likeness (QED) is 0.641. The SMILES string of the molecule is CCCCn1c2c(c(O)c(C(=O)NC(C(=O)OC)c3ccccc3)c1=O)CCCCCC2. The summed E-state index contributed by atoms with van der Waals surface area (Å²) in [5, 5.41) is 13.7. The maximum absolute atomic E-state index is 13.4. The number of aromatic nitrogens is 1. The lowest BCUT2D eigenvalue weighted by Crippen LogP contribution is -2.39. The largest absolute Gasteiger partial charge is 0.507 e. The first-order chi connectivity index (χ1) is 15.5. The molecule has 1 atom stereocenters. The van der Waals surface area contributed by atoms with Crippen LogP contribution in [0.25, 0.3) is 0 Å². The molecule has 0 saturated carbocycles. The predicted octanol–water partition coefficient (Wildman–Crippen LogP) is 3.66. The topological polar surface area (TPSA) is 97.6 Å². The van der Waals surface area contributed by atoms with Gasteiger partial charge >= 0.3 is 5.97 Å². The summed E-state index contributed by atoms with van der Waals surface area (Å²) in [4.78, 5) is 39.0. The van der Waals surface area contributed by atoms with Gasteiger partial charge < -0.3 is 19.7 Å². The first-order valence-electron chi connectivity index (χ1n) is 11.4. The van der Waals surface area contributed by atoms with Gasteiger partial charge in [0.05, 0.1) is 7.11 Å². The van der Waals surface area contributed by atoms with Crippen LogP contribution in [-0.2, 0) is 28.9 Å². The fourth-order valence-corrected chi connectivity index (χ4v) is 4.31. The fourth-order valence-electron chi connectivity index (χ4n) is 4.31. The highest BCUT2D eigenvalue weighted by molar-refractivity contribution is 5.99. The number of methoxy groups -OCH3 is 1. The third-order valence-corrected chi connectivity index (χ3v) is 6.05. The number of hydrogen-bond acceptors (Lipinski definition) is 5. The molecule has 1 aliphatic rings. The number of amides is 1. The van der Waals surface area contributed by atoms with E-state index in [-0.39, 0.29) is 11.3 Å². The van der Waals surface area contributed by atoms with E-state index in [2.05, 4.69) is 5.32 Å². The van der Waals surface area contributed by atoms with Crippen LogP contribution in [0.5, 0.6) is 5.75 Å². The molecule has 0 radical (unpaired) electrons. The molecule has 32 heavy (non-hydrogen) atoms. The van der Waals surface area contributed by atoms with Crippen LogP contribution in [0, 0.1) is 0 Å².